The van der Waals surface area contributed by atoms with E-state index in [1.807, 2.05) is 84.9 Å². The SMILES string of the molecule is O=C(CN(CCc1ccccc1)S(=O)(=O)c1ccccc1)Nc1ccccc1Sc1ccccc1. The topological polar surface area (TPSA) is 66.5 Å². The Hall–Kier alpha value is -3.39. The number of hydrogen-bond acceptors (Lipinski definition) is 4. The van der Waals surface area contributed by atoms with Gasteiger partial charge in [-0.2, -0.15) is 4.31 Å². The van der Waals surface area contributed by atoms with Crippen LogP contribution in [0.15, 0.2) is 130 Å². The molecule has 0 bridgehead atoms. The van der Waals surface area contributed by atoms with Gasteiger partial charge in [0.05, 0.1) is 17.1 Å². The fourth-order valence-electron chi connectivity index (χ4n) is 3.55. The molecule has 0 aliphatic heterocycles. The molecule has 7 heteroatoms. The Morgan fingerprint density at radius 3 is 2.00 bits per heavy atom. The number of benzene rings is 4. The number of nitrogens with zero attached hydrogens (tertiary/aromatic N) is 1. The average Bonchev–Trinajstić information content (AvgIpc) is 2.89. The Morgan fingerprint density at radius 2 is 1.31 bits per heavy atom. The van der Waals surface area contributed by atoms with Gasteiger partial charge >= 0.3 is 0 Å². The minimum Gasteiger partial charge on any atom is -0.324 e. The fraction of sp³-hybridized carbons (Fsp3) is 0.107. The summed E-state index contributed by atoms with van der Waals surface area (Å²) in [6, 6.07) is 35.3. The van der Waals surface area contributed by atoms with Crippen molar-refractivity contribution in [3.63, 3.8) is 0 Å². The van der Waals surface area contributed by atoms with Crippen molar-refractivity contribution in [2.24, 2.45) is 0 Å². The van der Waals surface area contributed by atoms with E-state index in [9.17, 15) is 13.2 Å². The highest BCUT2D eigenvalue weighted by molar-refractivity contribution is 7.99. The van der Waals surface area contributed by atoms with Crippen LogP contribution in [0.5, 0.6) is 0 Å². The Balaban J connectivity index is 1.52. The lowest BCUT2D eigenvalue weighted by Gasteiger charge is -2.22. The molecule has 0 heterocycles. The van der Waals surface area contributed by atoms with Crippen molar-refractivity contribution in [3.8, 4) is 0 Å². The smallest absolute Gasteiger partial charge is 0.243 e. The van der Waals surface area contributed by atoms with Gasteiger partial charge in [0.15, 0.2) is 0 Å². The molecule has 0 atom stereocenters. The zero-order chi connectivity index (χ0) is 24.5. The number of amides is 1. The molecule has 1 amide bonds. The molecule has 1 N–H and O–H groups in total. The molecule has 0 radical (unpaired) electrons. The first-order valence-corrected chi connectivity index (χ1v) is 13.5. The molecule has 0 unspecified atom stereocenters. The molecule has 0 spiro atoms. The van der Waals surface area contributed by atoms with Crippen LogP contribution >= 0.6 is 11.8 Å². The predicted octanol–water partition coefficient (Wildman–Crippen LogP) is 5.71. The maximum absolute atomic E-state index is 13.4. The van der Waals surface area contributed by atoms with Crippen LogP contribution < -0.4 is 5.32 Å². The molecule has 35 heavy (non-hydrogen) atoms. The highest BCUT2D eigenvalue weighted by atomic mass is 32.2. The number of sulfonamides is 1. The van der Waals surface area contributed by atoms with Gasteiger partial charge < -0.3 is 5.32 Å². The molecular weight excluding hydrogens is 476 g/mol. The van der Waals surface area contributed by atoms with E-state index in [4.69, 9.17) is 0 Å². The number of carbonyl (C=O) groups excluding carboxylic acids is 1. The van der Waals surface area contributed by atoms with E-state index in [-0.39, 0.29) is 18.0 Å². The van der Waals surface area contributed by atoms with E-state index < -0.39 is 15.9 Å². The van der Waals surface area contributed by atoms with Crippen LogP contribution in [-0.2, 0) is 21.2 Å². The summed E-state index contributed by atoms with van der Waals surface area (Å²) < 4.78 is 28.0. The molecule has 4 aromatic carbocycles. The first-order chi connectivity index (χ1) is 17.0. The summed E-state index contributed by atoms with van der Waals surface area (Å²) in [7, 11) is -3.85. The Labute approximate surface area is 210 Å². The minimum absolute atomic E-state index is 0.167. The van der Waals surface area contributed by atoms with E-state index >= 15 is 0 Å². The monoisotopic (exact) mass is 502 g/mol. The van der Waals surface area contributed by atoms with Gasteiger partial charge in [0.25, 0.3) is 0 Å². The zero-order valence-corrected chi connectivity index (χ0v) is 20.7. The maximum Gasteiger partial charge on any atom is 0.243 e. The van der Waals surface area contributed by atoms with Crippen LogP contribution in [0.4, 0.5) is 5.69 Å². The zero-order valence-electron chi connectivity index (χ0n) is 19.1. The highest BCUT2D eigenvalue weighted by Crippen LogP contribution is 2.33. The molecule has 0 aliphatic carbocycles. The number of para-hydroxylation sites is 1. The first-order valence-electron chi connectivity index (χ1n) is 11.2. The van der Waals surface area contributed by atoms with Crippen molar-refractivity contribution in [1.82, 2.24) is 4.31 Å². The van der Waals surface area contributed by atoms with Crippen molar-refractivity contribution in [2.75, 3.05) is 18.4 Å². The Morgan fingerprint density at radius 1 is 0.743 bits per heavy atom. The number of nitrogens with one attached hydrogen (secondary N) is 1. The Bertz CT molecular complexity index is 1350. The number of carbonyl (C=O) groups is 1. The third-order valence-electron chi connectivity index (χ3n) is 5.33. The molecule has 0 aliphatic rings. The highest BCUT2D eigenvalue weighted by Gasteiger charge is 2.26. The second-order valence-corrected chi connectivity index (χ2v) is 10.9. The molecule has 5 nitrogen and oxygen atoms in total. The van der Waals surface area contributed by atoms with Crippen LogP contribution in [0.3, 0.4) is 0 Å². The minimum atomic E-state index is -3.85. The standard InChI is InChI=1S/C28H26N2O3S2/c31-28(29-26-18-10-11-19-27(26)34-24-14-6-2-7-15-24)22-30(21-20-23-12-4-1-5-13-23)35(32,33)25-16-8-3-9-17-25/h1-19H,20-22H2,(H,29,31). The van der Waals surface area contributed by atoms with Crippen molar-refractivity contribution in [1.29, 1.82) is 0 Å². The summed E-state index contributed by atoms with van der Waals surface area (Å²) in [6.07, 6.45) is 0.501. The average molecular weight is 503 g/mol. The van der Waals surface area contributed by atoms with Gasteiger partial charge in [-0.3, -0.25) is 4.79 Å². The second kappa shape index (κ2) is 11.8. The van der Waals surface area contributed by atoms with E-state index in [0.29, 0.717) is 12.1 Å². The molecule has 4 rings (SSSR count). The van der Waals surface area contributed by atoms with Gasteiger partial charge in [-0.05, 0) is 48.4 Å². The Kier molecular flexibility index (Phi) is 8.36. The summed E-state index contributed by atoms with van der Waals surface area (Å²) in [5.74, 6) is -0.390. The van der Waals surface area contributed by atoms with E-state index in [1.165, 1.54) is 16.1 Å². The van der Waals surface area contributed by atoms with Crippen molar-refractivity contribution < 1.29 is 13.2 Å². The molecular formula is C28H26N2O3S2. The van der Waals surface area contributed by atoms with Crippen molar-refractivity contribution in [2.45, 2.75) is 21.1 Å². The maximum atomic E-state index is 13.4. The van der Waals surface area contributed by atoms with Crippen LogP contribution in [0, 0.1) is 0 Å². The third kappa shape index (κ3) is 6.82. The number of hydrogen-bond donors (Lipinski definition) is 1. The molecule has 178 valence electrons. The van der Waals surface area contributed by atoms with Crippen LogP contribution in [0.1, 0.15) is 5.56 Å². The van der Waals surface area contributed by atoms with Crippen LogP contribution in [0.2, 0.25) is 0 Å². The number of anilines is 1. The first kappa shape index (κ1) is 24.7. The van der Waals surface area contributed by atoms with Gasteiger partial charge in [0, 0.05) is 16.3 Å². The lowest BCUT2D eigenvalue weighted by molar-refractivity contribution is -0.116. The summed E-state index contributed by atoms with van der Waals surface area (Å²) in [4.78, 5) is 15.2. The normalized spacial score (nSPS) is 11.3. The van der Waals surface area contributed by atoms with Gasteiger partial charge in [0.2, 0.25) is 15.9 Å². The van der Waals surface area contributed by atoms with E-state index in [2.05, 4.69) is 5.32 Å². The summed E-state index contributed by atoms with van der Waals surface area (Å²) in [6.45, 7) is -0.0938. The van der Waals surface area contributed by atoms with Gasteiger partial charge in [0.1, 0.15) is 0 Å². The molecule has 4 aromatic rings. The van der Waals surface area contributed by atoms with Crippen molar-refractivity contribution >= 4 is 33.4 Å². The summed E-state index contributed by atoms with van der Waals surface area (Å²) >= 11 is 1.54. The van der Waals surface area contributed by atoms with Crippen molar-refractivity contribution in [3.05, 3.63) is 121 Å². The predicted molar refractivity (Wildman–Crippen MR) is 141 cm³/mol. The number of rotatable bonds is 10. The van der Waals surface area contributed by atoms with Gasteiger partial charge in [-0.25, -0.2) is 8.42 Å². The summed E-state index contributed by atoms with van der Waals surface area (Å²) in [5, 5.41) is 2.92. The van der Waals surface area contributed by atoms with Crippen LogP contribution in [-0.4, -0.2) is 31.7 Å². The quantitative estimate of drug-likeness (QED) is 0.302. The second-order valence-electron chi connectivity index (χ2n) is 7.85. The summed E-state index contributed by atoms with van der Waals surface area (Å²) in [5.41, 5.74) is 1.65. The van der Waals surface area contributed by atoms with Crippen LogP contribution in [0.25, 0.3) is 0 Å². The largest absolute Gasteiger partial charge is 0.324 e. The van der Waals surface area contributed by atoms with Gasteiger partial charge in [-0.15, -0.1) is 0 Å². The molecule has 0 aromatic heterocycles. The lowest BCUT2D eigenvalue weighted by Crippen LogP contribution is -2.39. The third-order valence-corrected chi connectivity index (χ3v) is 8.27. The van der Waals surface area contributed by atoms with E-state index in [1.54, 1.807) is 30.3 Å². The molecule has 0 saturated carbocycles. The molecule has 0 fully saturated rings. The van der Waals surface area contributed by atoms with Gasteiger partial charge in [-0.1, -0.05) is 90.6 Å². The fourth-order valence-corrected chi connectivity index (χ4v) is 5.89. The molecule has 0 saturated heterocycles. The lowest BCUT2D eigenvalue weighted by atomic mass is 10.1. The van der Waals surface area contributed by atoms with E-state index in [0.717, 1.165) is 15.4 Å².